The van der Waals surface area contributed by atoms with Crippen molar-refractivity contribution >= 4 is 12.4 Å². The lowest BCUT2D eigenvalue weighted by Crippen LogP contribution is -2.49. The van der Waals surface area contributed by atoms with Gasteiger partial charge < -0.3 is 10.0 Å². The molecular formula is C10H18ClF2NO. The Morgan fingerprint density at radius 2 is 1.73 bits per heavy atom. The van der Waals surface area contributed by atoms with Gasteiger partial charge in [0.25, 0.3) is 5.92 Å². The summed E-state index contributed by atoms with van der Waals surface area (Å²) in [6.45, 7) is 1.95. The Balaban J connectivity index is 0.00000112. The third-order valence-corrected chi connectivity index (χ3v) is 3.54. The SMILES string of the molecule is Cl.OCCCN1CC2CCC(C1)C2(F)F. The highest BCUT2D eigenvalue weighted by atomic mass is 35.5. The van der Waals surface area contributed by atoms with Crippen LogP contribution in [0.5, 0.6) is 0 Å². The monoisotopic (exact) mass is 241 g/mol. The summed E-state index contributed by atoms with van der Waals surface area (Å²) in [7, 11) is 0. The maximum Gasteiger partial charge on any atom is 0.256 e. The number of nitrogens with zero attached hydrogens (tertiary/aromatic N) is 1. The molecule has 1 aliphatic carbocycles. The zero-order chi connectivity index (χ0) is 10.2. The molecule has 0 radical (unpaired) electrons. The van der Waals surface area contributed by atoms with Crippen LogP contribution in [-0.4, -0.2) is 42.2 Å². The maximum absolute atomic E-state index is 13.5. The van der Waals surface area contributed by atoms with E-state index in [1.165, 1.54) is 0 Å². The first kappa shape index (κ1) is 13.1. The van der Waals surface area contributed by atoms with Gasteiger partial charge in [0.15, 0.2) is 0 Å². The van der Waals surface area contributed by atoms with Crippen LogP contribution in [0.1, 0.15) is 19.3 Å². The van der Waals surface area contributed by atoms with Crippen molar-refractivity contribution in [3.05, 3.63) is 0 Å². The molecule has 2 aliphatic rings. The summed E-state index contributed by atoms with van der Waals surface area (Å²) in [5, 5.41) is 8.67. The third-order valence-electron chi connectivity index (χ3n) is 3.54. The van der Waals surface area contributed by atoms with Gasteiger partial charge in [0.2, 0.25) is 0 Å². The highest BCUT2D eigenvalue weighted by molar-refractivity contribution is 5.85. The lowest BCUT2D eigenvalue weighted by Gasteiger charge is -2.37. The fourth-order valence-corrected chi connectivity index (χ4v) is 2.72. The minimum Gasteiger partial charge on any atom is -0.396 e. The zero-order valence-corrected chi connectivity index (χ0v) is 9.48. The number of halogens is 3. The second-order valence-electron chi connectivity index (χ2n) is 4.48. The summed E-state index contributed by atoms with van der Waals surface area (Å²) in [5.74, 6) is -3.28. The van der Waals surface area contributed by atoms with Gasteiger partial charge in [0.05, 0.1) is 0 Å². The predicted octanol–water partition coefficient (Wildman–Crippen LogP) is 1.77. The third kappa shape index (κ3) is 2.43. The van der Waals surface area contributed by atoms with Gasteiger partial charge >= 0.3 is 0 Å². The van der Waals surface area contributed by atoms with E-state index in [1.807, 2.05) is 0 Å². The van der Waals surface area contributed by atoms with Crippen molar-refractivity contribution in [2.45, 2.75) is 25.2 Å². The fraction of sp³-hybridized carbons (Fsp3) is 1.00. The van der Waals surface area contributed by atoms with Crippen LogP contribution in [-0.2, 0) is 0 Å². The Morgan fingerprint density at radius 3 is 2.20 bits per heavy atom. The lowest BCUT2D eigenvalue weighted by atomic mass is 9.94. The molecule has 1 saturated carbocycles. The van der Waals surface area contributed by atoms with Crippen LogP contribution in [0.3, 0.4) is 0 Å². The summed E-state index contributed by atoms with van der Waals surface area (Å²) >= 11 is 0. The van der Waals surface area contributed by atoms with Crippen LogP contribution < -0.4 is 0 Å². The van der Waals surface area contributed by atoms with Crippen molar-refractivity contribution in [2.75, 3.05) is 26.2 Å². The second-order valence-corrected chi connectivity index (χ2v) is 4.48. The molecule has 0 aromatic carbocycles. The molecule has 90 valence electrons. The van der Waals surface area contributed by atoms with Crippen LogP contribution in [0.15, 0.2) is 0 Å². The number of aliphatic hydroxyl groups excluding tert-OH is 1. The van der Waals surface area contributed by atoms with Crippen molar-refractivity contribution in [3.8, 4) is 0 Å². The van der Waals surface area contributed by atoms with Gasteiger partial charge in [-0.05, 0) is 19.3 Å². The standard InChI is InChI=1S/C10H17F2NO.ClH/c11-10(12)8-2-3-9(10)7-13(6-8)4-1-5-14;/h8-9,14H,1-7H2;1H. The number of fused-ring (bicyclic) bond motifs is 2. The Kier molecular flexibility index (Phi) is 4.32. The van der Waals surface area contributed by atoms with Gasteiger partial charge in [-0.15, -0.1) is 12.4 Å². The first-order valence-corrected chi connectivity index (χ1v) is 5.35. The molecular weight excluding hydrogens is 224 g/mol. The molecule has 2 rings (SSSR count). The highest BCUT2D eigenvalue weighted by Crippen LogP contribution is 2.48. The summed E-state index contributed by atoms with van der Waals surface area (Å²) < 4.78 is 26.9. The first-order valence-electron chi connectivity index (χ1n) is 5.35. The van der Waals surface area contributed by atoms with Crippen LogP contribution in [0, 0.1) is 11.8 Å². The summed E-state index contributed by atoms with van der Waals surface area (Å²) in [4.78, 5) is 2.08. The topological polar surface area (TPSA) is 23.5 Å². The molecule has 2 bridgehead atoms. The van der Waals surface area contributed by atoms with E-state index in [1.54, 1.807) is 0 Å². The minimum atomic E-state index is -2.42. The number of alkyl halides is 2. The molecule has 1 aliphatic heterocycles. The van der Waals surface area contributed by atoms with E-state index in [0.29, 0.717) is 32.4 Å². The molecule has 15 heavy (non-hydrogen) atoms. The maximum atomic E-state index is 13.5. The number of likely N-dealkylation sites (tertiary alicyclic amines) is 1. The van der Waals surface area contributed by atoms with E-state index in [0.717, 1.165) is 6.54 Å². The Labute approximate surface area is 95.1 Å². The van der Waals surface area contributed by atoms with E-state index in [4.69, 9.17) is 5.11 Å². The van der Waals surface area contributed by atoms with E-state index in [9.17, 15) is 8.78 Å². The molecule has 1 N–H and O–H groups in total. The molecule has 2 fully saturated rings. The number of piperidine rings is 1. The second kappa shape index (κ2) is 4.93. The first-order chi connectivity index (χ1) is 6.64. The molecule has 5 heteroatoms. The van der Waals surface area contributed by atoms with Crippen molar-refractivity contribution in [2.24, 2.45) is 11.8 Å². The fourth-order valence-electron chi connectivity index (χ4n) is 2.72. The molecule has 1 heterocycles. The van der Waals surface area contributed by atoms with Gasteiger partial charge in [-0.3, -0.25) is 0 Å². The van der Waals surface area contributed by atoms with Crippen molar-refractivity contribution in [1.82, 2.24) is 4.90 Å². The molecule has 0 amide bonds. The lowest BCUT2D eigenvalue weighted by molar-refractivity contribution is -0.117. The number of hydrogen-bond donors (Lipinski definition) is 1. The quantitative estimate of drug-likeness (QED) is 0.814. The summed E-state index contributed by atoms with van der Waals surface area (Å²) in [5.41, 5.74) is 0. The zero-order valence-electron chi connectivity index (χ0n) is 8.66. The molecule has 0 aromatic heterocycles. The average molecular weight is 242 g/mol. The van der Waals surface area contributed by atoms with Crippen LogP contribution >= 0.6 is 12.4 Å². The highest BCUT2D eigenvalue weighted by Gasteiger charge is 2.55. The van der Waals surface area contributed by atoms with Gasteiger partial charge in [0, 0.05) is 38.1 Å². The number of aliphatic hydroxyl groups is 1. The number of rotatable bonds is 3. The molecule has 0 spiro atoms. The smallest absolute Gasteiger partial charge is 0.256 e. The molecule has 0 aromatic rings. The predicted molar refractivity (Wildman–Crippen MR) is 56.6 cm³/mol. The van der Waals surface area contributed by atoms with Gasteiger partial charge in [0.1, 0.15) is 0 Å². The minimum absolute atomic E-state index is 0. The Bertz CT molecular complexity index is 200. The Hall–Kier alpha value is 0.0700. The molecule has 2 atom stereocenters. The van der Waals surface area contributed by atoms with Gasteiger partial charge in [-0.2, -0.15) is 0 Å². The normalized spacial score (nSPS) is 33.8. The van der Waals surface area contributed by atoms with E-state index in [2.05, 4.69) is 4.90 Å². The largest absolute Gasteiger partial charge is 0.396 e. The molecule has 2 unspecified atom stereocenters. The van der Waals surface area contributed by atoms with Crippen LogP contribution in [0.4, 0.5) is 8.78 Å². The van der Waals surface area contributed by atoms with Gasteiger partial charge in [-0.1, -0.05) is 0 Å². The molecule has 1 saturated heterocycles. The number of hydrogen-bond acceptors (Lipinski definition) is 2. The van der Waals surface area contributed by atoms with Crippen molar-refractivity contribution in [3.63, 3.8) is 0 Å². The Morgan fingerprint density at radius 1 is 1.20 bits per heavy atom. The van der Waals surface area contributed by atoms with Gasteiger partial charge in [-0.25, -0.2) is 8.78 Å². The van der Waals surface area contributed by atoms with Crippen LogP contribution in [0.25, 0.3) is 0 Å². The van der Waals surface area contributed by atoms with E-state index < -0.39 is 17.8 Å². The van der Waals surface area contributed by atoms with Crippen molar-refractivity contribution < 1.29 is 13.9 Å². The summed E-state index contributed by atoms with van der Waals surface area (Å²) in [6, 6.07) is 0. The summed E-state index contributed by atoms with van der Waals surface area (Å²) in [6.07, 6.45) is 2.05. The van der Waals surface area contributed by atoms with Crippen molar-refractivity contribution in [1.29, 1.82) is 0 Å². The van der Waals surface area contributed by atoms with E-state index in [-0.39, 0.29) is 19.0 Å². The van der Waals surface area contributed by atoms with Crippen LogP contribution in [0.2, 0.25) is 0 Å². The van der Waals surface area contributed by atoms with E-state index >= 15 is 0 Å². The average Bonchev–Trinajstić information content (AvgIpc) is 2.40. The molecule has 2 nitrogen and oxygen atoms in total.